The van der Waals surface area contributed by atoms with Gasteiger partial charge in [0.05, 0.1) is 12.0 Å². The molecule has 0 bridgehead atoms. The smallest absolute Gasteiger partial charge is 0.266 e. The highest BCUT2D eigenvalue weighted by Crippen LogP contribution is 2.32. The fraction of sp³-hybridized carbons (Fsp3) is 0.150. The second-order valence-electron chi connectivity index (χ2n) is 5.96. The van der Waals surface area contributed by atoms with Gasteiger partial charge in [-0.05, 0) is 42.8 Å². The van der Waals surface area contributed by atoms with Gasteiger partial charge in [-0.1, -0.05) is 53.8 Å². The van der Waals surface area contributed by atoms with Gasteiger partial charge in [0.15, 0.2) is 0 Å². The van der Waals surface area contributed by atoms with Crippen LogP contribution in [-0.2, 0) is 9.59 Å². The van der Waals surface area contributed by atoms with E-state index in [4.69, 9.17) is 17.0 Å². The maximum atomic E-state index is 12.6. The second-order valence-corrected chi connectivity index (χ2v) is 7.63. The molecule has 3 rings (SSSR count). The summed E-state index contributed by atoms with van der Waals surface area (Å²) in [5, 5.41) is 2.78. The Bertz CT molecular complexity index is 906. The summed E-state index contributed by atoms with van der Waals surface area (Å²) >= 11 is 6.47. The van der Waals surface area contributed by atoms with Crippen LogP contribution in [0.1, 0.15) is 11.1 Å². The van der Waals surface area contributed by atoms with E-state index in [0.717, 1.165) is 16.9 Å². The van der Waals surface area contributed by atoms with Crippen LogP contribution in [0.15, 0.2) is 53.4 Å². The summed E-state index contributed by atoms with van der Waals surface area (Å²) in [6.07, 6.45) is 1.76. The molecule has 27 heavy (non-hydrogen) atoms. The molecule has 0 aromatic heterocycles. The normalized spacial score (nSPS) is 15.3. The first-order valence-electron chi connectivity index (χ1n) is 8.22. The second kappa shape index (κ2) is 8.37. The first kappa shape index (κ1) is 19.1. The fourth-order valence-electron chi connectivity index (χ4n) is 2.47. The number of thioether (sulfide) groups is 1. The van der Waals surface area contributed by atoms with Gasteiger partial charge in [0.2, 0.25) is 5.91 Å². The van der Waals surface area contributed by atoms with Gasteiger partial charge in [-0.3, -0.25) is 14.5 Å². The third kappa shape index (κ3) is 4.75. The zero-order valence-electron chi connectivity index (χ0n) is 14.9. The summed E-state index contributed by atoms with van der Waals surface area (Å²) in [5.74, 6) is 0.188. The third-order valence-corrected chi connectivity index (χ3v) is 5.30. The van der Waals surface area contributed by atoms with Crippen molar-refractivity contribution in [2.24, 2.45) is 0 Å². The van der Waals surface area contributed by atoms with Crippen LogP contribution in [0.25, 0.3) is 6.08 Å². The van der Waals surface area contributed by atoms with Gasteiger partial charge >= 0.3 is 0 Å². The van der Waals surface area contributed by atoms with Crippen LogP contribution in [0.4, 0.5) is 5.69 Å². The van der Waals surface area contributed by atoms with Gasteiger partial charge in [-0.25, -0.2) is 0 Å². The molecule has 1 saturated heterocycles. The monoisotopic (exact) mass is 398 g/mol. The first-order valence-corrected chi connectivity index (χ1v) is 9.44. The molecule has 1 heterocycles. The number of ether oxygens (including phenoxy) is 1. The minimum absolute atomic E-state index is 0.113. The highest BCUT2D eigenvalue weighted by Gasteiger charge is 2.33. The van der Waals surface area contributed by atoms with Crippen molar-refractivity contribution < 1.29 is 14.3 Å². The van der Waals surface area contributed by atoms with Crippen LogP contribution < -0.4 is 10.1 Å². The maximum absolute atomic E-state index is 12.6. The van der Waals surface area contributed by atoms with E-state index in [0.29, 0.717) is 14.9 Å². The van der Waals surface area contributed by atoms with E-state index < -0.39 is 0 Å². The zero-order chi connectivity index (χ0) is 19.4. The Kier molecular flexibility index (Phi) is 5.93. The van der Waals surface area contributed by atoms with Crippen LogP contribution >= 0.6 is 24.0 Å². The Morgan fingerprint density at radius 1 is 1.19 bits per heavy atom. The molecule has 0 spiro atoms. The lowest BCUT2D eigenvalue weighted by Gasteiger charge is -2.14. The number of nitrogens with zero attached hydrogens (tertiary/aromatic N) is 1. The van der Waals surface area contributed by atoms with Crippen LogP contribution in [0.5, 0.6) is 5.75 Å². The Morgan fingerprint density at radius 3 is 2.48 bits per heavy atom. The van der Waals surface area contributed by atoms with Crippen molar-refractivity contribution in [3.63, 3.8) is 0 Å². The minimum atomic E-state index is -0.291. The molecule has 1 aliphatic heterocycles. The molecule has 0 radical (unpaired) electrons. The minimum Gasteiger partial charge on any atom is -0.497 e. The summed E-state index contributed by atoms with van der Waals surface area (Å²) in [7, 11) is 1.60. The maximum Gasteiger partial charge on any atom is 0.266 e. The molecular weight excluding hydrogens is 380 g/mol. The number of thiocarbonyl (C=S) groups is 1. The van der Waals surface area contributed by atoms with E-state index in [-0.39, 0.29) is 18.4 Å². The molecule has 1 fully saturated rings. The molecule has 0 unspecified atom stereocenters. The first-order chi connectivity index (χ1) is 13.0. The quantitative estimate of drug-likeness (QED) is 0.613. The van der Waals surface area contributed by atoms with Crippen molar-refractivity contribution in [3.8, 4) is 5.75 Å². The number of hydrogen-bond acceptors (Lipinski definition) is 5. The lowest BCUT2D eigenvalue weighted by molar-refractivity contribution is -0.126. The fourth-order valence-corrected chi connectivity index (χ4v) is 3.72. The number of aryl methyl sites for hydroxylation is 1. The number of carbonyl (C=O) groups is 2. The summed E-state index contributed by atoms with van der Waals surface area (Å²) in [6.45, 7) is 1.86. The lowest BCUT2D eigenvalue weighted by atomic mass is 10.2. The number of methoxy groups -OCH3 is 1. The average Bonchev–Trinajstić information content (AvgIpc) is 2.91. The number of carbonyl (C=O) groups excluding carboxylic acids is 2. The predicted molar refractivity (Wildman–Crippen MR) is 113 cm³/mol. The predicted octanol–water partition coefficient (Wildman–Crippen LogP) is 3.84. The number of benzene rings is 2. The van der Waals surface area contributed by atoms with Crippen LogP contribution in [0.3, 0.4) is 0 Å². The Morgan fingerprint density at radius 2 is 1.85 bits per heavy atom. The highest BCUT2D eigenvalue weighted by molar-refractivity contribution is 8.26. The largest absolute Gasteiger partial charge is 0.497 e. The van der Waals surface area contributed by atoms with Crippen molar-refractivity contribution >= 4 is 51.9 Å². The molecule has 0 aliphatic carbocycles. The van der Waals surface area contributed by atoms with Gasteiger partial charge in [0, 0.05) is 5.69 Å². The molecule has 5 nitrogen and oxygen atoms in total. The molecule has 1 N–H and O–H groups in total. The summed E-state index contributed by atoms with van der Waals surface area (Å²) in [6, 6.07) is 14.8. The summed E-state index contributed by atoms with van der Waals surface area (Å²) in [5.41, 5.74) is 2.65. The highest BCUT2D eigenvalue weighted by atomic mass is 32.2. The van der Waals surface area contributed by atoms with Gasteiger partial charge in [0.1, 0.15) is 16.6 Å². The van der Waals surface area contributed by atoms with Crippen molar-refractivity contribution in [2.75, 3.05) is 19.0 Å². The standard InChI is InChI=1S/C20H18N2O3S2/c1-13-3-7-15(8-4-13)21-18(23)12-22-19(24)17(27-20(22)26)11-14-5-9-16(25-2)10-6-14/h3-11H,12H2,1-2H3,(H,21,23). The van der Waals surface area contributed by atoms with E-state index in [9.17, 15) is 9.59 Å². The topological polar surface area (TPSA) is 58.6 Å². The average molecular weight is 399 g/mol. The van der Waals surface area contributed by atoms with Gasteiger partial charge in [-0.15, -0.1) is 0 Å². The third-order valence-electron chi connectivity index (χ3n) is 3.92. The SMILES string of the molecule is COc1ccc(C=C2SC(=S)N(CC(=O)Nc3ccc(C)cc3)C2=O)cc1. The Balaban J connectivity index is 1.67. The van der Waals surface area contributed by atoms with E-state index in [1.165, 1.54) is 16.7 Å². The Hall–Kier alpha value is -2.64. The van der Waals surface area contributed by atoms with Crippen LogP contribution in [0, 0.1) is 6.92 Å². The number of amides is 2. The molecule has 2 aromatic rings. The van der Waals surface area contributed by atoms with Crippen molar-refractivity contribution in [3.05, 3.63) is 64.6 Å². The molecule has 138 valence electrons. The molecule has 0 saturated carbocycles. The van der Waals surface area contributed by atoms with E-state index in [1.54, 1.807) is 13.2 Å². The number of rotatable bonds is 5. The van der Waals surface area contributed by atoms with Gasteiger partial charge in [-0.2, -0.15) is 0 Å². The van der Waals surface area contributed by atoms with Crippen molar-refractivity contribution in [1.29, 1.82) is 0 Å². The van der Waals surface area contributed by atoms with E-state index in [1.807, 2.05) is 55.5 Å². The molecule has 7 heteroatoms. The molecular formula is C20H18N2O3S2. The van der Waals surface area contributed by atoms with E-state index in [2.05, 4.69) is 5.32 Å². The van der Waals surface area contributed by atoms with Crippen molar-refractivity contribution in [1.82, 2.24) is 4.90 Å². The van der Waals surface area contributed by atoms with E-state index >= 15 is 0 Å². The zero-order valence-corrected chi connectivity index (χ0v) is 16.5. The Labute approximate surface area is 167 Å². The van der Waals surface area contributed by atoms with Crippen LogP contribution in [0.2, 0.25) is 0 Å². The molecule has 1 aliphatic rings. The van der Waals surface area contributed by atoms with Gasteiger partial charge in [0.25, 0.3) is 5.91 Å². The molecule has 0 atom stereocenters. The summed E-state index contributed by atoms with van der Waals surface area (Å²) < 4.78 is 5.50. The molecule has 2 aromatic carbocycles. The summed E-state index contributed by atoms with van der Waals surface area (Å²) in [4.78, 5) is 26.7. The van der Waals surface area contributed by atoms with Gasteiger partial charge < -0.3 is 10.1 Å². The van der Waals surface area contributed by atoms with Crippen LogP contribution in [-0.4, -0.2) is 34.7 Å². The number of hydrogen-bond donors (Lipinski definition) is 1. The number of anilines is 1. The molecule has 2 amide bonds. The van der Waals surface area contributed by atoms with Crippen molar-refractivity contribution in [2.45, 2.75) is 6.92 Å². The lowest BCUT2D eigenvalue weighted by Crippen LogP contribution is -2.36. The number of nitrogens with one attached hydrogen (secondary N) is 1.